The molecule has 0 aliphatic carbocycles. The summed E-state index contributed by atoms with van der Waals surface area (Å²) in [6.45, 7) is 12.3. The molecule has 0 amide bonds. The van der Waals surface area contributed by atoms with Crippen molar-refractivity contribution in [2.45, 2.75) is 26.8 Å². The van der Waals surface area contributed by atoms with E-state index in [1.165, 1.54) is 15.8 Å². The molecule has 2 aliphatic rings. The number of rotatable bonds is 4. The second-order valence-electron chi connectivity index (χ2n) is 8.19. The summed E-state index contributed by atoms with van der Waals surface area (Å²) in [6, 6.07) is 1.86. The Morgan fingerprint density at radius 1 is 0.935 bits per heavy atom. The van der Waals surface area contributed by atoms with Gasteiger partial charge in [-0.3, -0.25) is 4.90 Å². The SMILES string of the molecule is Cc1sc2nc(CN3CCOCC3)nc(N3CCCN(c4ncccn4)CC3)c2c1C. The number of hydrogen-bond acceptors (Lipinski definition) is 9. The summed E-state index contributed by atoms with van der Waals surface area (Å²) in [5.41, 5.74) is 1.31. The van der Waals surface area contributed by atoms with Crippen molar-refractivity contribution in [3.8, 4) is 0 Å². The van der Waals surface area contributed by atoms with Crippen LogP contribution in [-0.2, 0) is 11.3 Å². The summed E-state index contributed by atoms with van der Waals surface area (Å²) in [7, 11) is 0. The van der Waals surface area contributed by atoms with Gasteiger partial charge in [-0.05, 0) is 31.9 Å². The van der Waals surface area contributed by atoms with Crippen LogP contribution < -0.4 is 9.80 Å². The summed E-state index contributed by atoms with van der Waals surface area (Å²) in [6.07, 6.45) is 4.67. The summed E-state index contributed by atoms with van der Waals surface area (Å²) >= 11 is 1.78. The number of aromatic nitrogens is 4. The van der Waals surface area contributed by atoms with Gasteiger partial charge in [-0.15, -0.1) is 11.3 Å². The molecule has 164 valence electrons. The van der Waals surface area contributed by atoms with Crippen LogP contribution in [0, 0.1) is 13.8 Å². The Labute approximate surface area is 186 Å². The predicted octanol–water partition coefficient (Wildman–Crippen LogP) is 2.65. The van der Waals surface area contributed by atoms with Gasteiger partial charge in [0.15, 0.2) is 0 Å². The van der Waals surface area contributed by atoms with Gasteiger partial charge < -0.3 is 14.5 Å². The molecule has 2 fully saturated rings. The van der Waals surface area contributed by atoms with Crippen LogP contribution in [0.25, 0.3) is 10.2 Å². The third kappa shape index (κ3) is 4.35. The van der Waals surface area contributed by atoms with Gasteiger partial charge in [0, 0.05) is 56.5 Å². The Balaban J connectivity index is 1.44. The van der Waals surface area contributed by atoms with Gasteiger partial charge >= 0.3 is 0 Å². The Bertz CT molecular complexity index is 1040. The maximum absolute atomic E-state index is 5.50. The molecule has 0 saturated carbocycles. The van der Waals surface area contributed by atoms with Crippen LogP contribution in [0.4, 0.5) is 11.8 Å². The molecule has 9 heteroatoms. The van der Waals surface area contributed by atoms with Gasteiger partial charge in [0.1, 0.15) is 16.5 Å². The maximum atomic E-state index is 5.50. The van der Waals surface area contributed by atoms with E-state index in [0.29, 0.717) is 0 Å². The molecule has 5 heterocycles. The Morgan fingerprint density at radius 2 is 1.68 bits per heavy atom. The van der Waals surface area contributed by atoms with Crippen LogP contribution in [0.2, 0.25) is 0 Å². The van der Waals surface area contributed by atoms with Crippen molar-refractivity contribution in [1.82, 2.24) is 24.8 Å². The van der Waals surface area contributed by atoms with Crippen LogP contribution in [0.15, 0.2) is 18.5 Å². The molecular formula is C22H29N7OS. The molecule has 0 unspecified atom stereocenters. The van der Waals surface area contributed by atoms with Crippen LogP contribution in [-0.4, -0.2) is 77.3 Å². The third-order valence-corrected chi connectivity index (χ3v) is 7.26. The molecule has 2 saturated heterocycles. The van der Waals surface area contributed by atoms with Crippen molar-refractivity contribution in [2.75, 3.05) is 62.3 Å². The number of anilines is 2. The van der Waals surface area contributed by atoms with E-state index in [-0.39, 0.29) is 0 Å². The molecule has 2 aliphatic heterocycles. The molecule has 0 atom stereocenters. The van der Waals surface area contributed by atoms with Crippen LogP contribution in [0.1, 0.15) is 22.7 Å². The second kappa shape index (κ2) is 9.02. The largest absolute Gasteiger partial charge is 0.379 e. The van der Waals surface area contributed by atoms with E-state index in [2.05, 4.69) is 38.5 Å². The van der Waals surface area contributed by atoms with Gasteiger partial charge in [-0.1, -0.05) is 0 Å². The number of nitrogens with zero attached hydrogens (tertiary/aromatic N) is 7. The molecule has 3 aromatic heterocycles. The predicted molar refractivity (Wildman–Crippen MR) is 124 cm³/mol. The summed E-state index contributed by atoms with van der Waals surface area (Å²) in [4.78, 5) is 28.5. The highest BCUT2D eigenvalue weighted by molar-refractivity contribution is 7.18. The first-order valence-corrected chi connectivity index (χ1v) is 11.8. The summed E-state index contributed by atoms with van der Waals surface area (Å²) in [5, 5.41) is 1.22. The van der Waals surface area contributed by atoms with Crippen molar-refractivity contribution in [3.63, 3.8) is 0 Å². The molecule has 0 N–H and O–H groups in total. The van der Waals surface area contributed by atoms with E-state index >= 15 is 0 Å². The highest BCUT2D eigenvalue weighted by atomic mass is 32.1. The van der Waals surface area contributed by atoms with Crippen molar-refractivity contribution in [3.05, 3.63) is 34.7 Å². The first-order chi connectivity index (χ1) is 15.2. The lowest BCUT2D eigenvalue weighted by Crippen LogP contribution is -2.36. The fourth-order valence-electron chi connectivity index (χ4n) is 4.31. The van der Waals surface area contributed by atoms with E-state index in [1.54, 1.807) is 11.3 Å². The van der Waals surface area contributed by atoms with E-state index in [4.69, 9.17) is 14.7 Å². The van der Waals surface area contributed by atoms with Gasteiger partial charge in [-0.2, -0.15) is 0 Å². The minimum Gasteiger partial charge on any atom is -0.379 e. The molecule has 0 bridgehead atoms. The van der Waals surface area contributed by atoms with E-state index in [0.717, 1.165) is 87.9 Å². The van der Waals surface area contributed by atoms with Gasteiger partial charge in [-0.25, -0.2) is 19.9 Å². The molecule has 31 heavy (non-hydrogen) atoms. The zero-order chi connectivity index (χ0) is 21.2. The zero-order valence-corrected chi connectivity index (χ0v) is 19.1. The monoisotopic (exact) mass is 439 g/mol. The van der Waals surface area contributed by atoms with Crippen molar-refractivity contribution < 1.29 is 4.74 Å². The van der Waals surface area contributed by atoms with Crippen molar-refractivity contribution >= 4 is 33.3 Å². The lowest BCUT2D eigenvalue weighted by molar-refractivity contribution is 0.0331. The lowest BCUT2D eigenvalue weighted by atomic mass is 10.2. The molecule has 5 rings (SSSR count). The van der Waals surface area contributed by atoms with Crippen molar-refractivity contribution in [1.29, 1.82) is 0 Å². The summed E-state index contributed by atoms with van der Waals surface area (Å²) in [5.74, 6) is 2.82. The van der Waals surface area contributed by atoms with E-state index in [9.17, 15) is 0 Å². The highest BCUT2D eigenvalue weighted by Gasteiger charge is 2.23. The van der Waals surface area contributed by atoms with Crippen molar-refractivity contribution in [2.24, 2.45) is 0 Å². The third-order valence-electron chi connectivity index (χ3n) is 6.16. The first-order valence-electron chi connectivity index (χ1n) is 11.0. The Morgan fingerprint density at radius 3 is 2.48 bits per heavy atom. The molecule has 0 radical (unpaired) electrons. The number of fused-ring (bicyclic) bond motifs is 1. The molecule has 0 spiro atoms. The number of ether oxygens (including phenoxy) is 1. The average Bonchev–Trinajstić information content (AvgIpc) is 2.96. The number of morpholine rings is 1. The number of thiophene rings is 1. The first kappa shape index (κ1) is 20.5. The normalized spacial score (nSPS) is 18.5. The molecule has 8 nitrogen and oxygen atoms in total. The zero-order valence-electron chi connectivity index (χ0n) is 18.3. The Kier molecular flexibility index (Phi) is 5.97. The molecule has 3 aromatic rings. The smallest absolute Gasteiger partial charge is 0.225 e. The minimum absolute atomic E-state index is 0.778. The van der Waals surface area contributed by atoms with Gasteiger partial charge in [0.25, 0.3) is 0 Å². The van der Waals surface area contributed by atoms with Gasteiger partial charge in [0.05, 0.1) is 25.1 Å². The fraction of sp³-hybridized carbons (Fsp3) is 0.545. The standard InChI is InChI=1S/C22H29N7OS/c1-16-17(2)31-21-19(16)20(25-18(26-21)15-27-11-13-30-14-12-27)28-7-4-8-29(10-9-28)22-23-5-3-6-24-22/h3,5-6H,4,7-15H2,1-2H3. The average molecular weight is 440 g/mol. The molecular weight excluding hydrogens is 410 g/mol. The van der Waals surface area contributed by atoms with E-state index in [1.807, 2.05) is 18.5 Å². The number of hydrogen-bond donors (Lipinski definition) is 0. The lowest BCUT2D eigenvalue weighted by Gasteiger charge is -2.27. The second-order valence-corrected chi connectivity index (χ2v) is 9.39. The van der Waals surface area contributed by atoms with Crippen LogP contribution in [0.3, 0.4) is 0 Å². The van der Waals surface area contributed by atoms with Crippen LogP contribution in [0.5, 0.6) is 0 Å². The fourth-order valence-corrected chi connectivity index (χ4v) is 5.36. The highest BCUT2D eigenvalue weighted by Crippen LogP contribution is 2.35. The summed E-state index contributed by atoms with van der Waals surface area (Å²) < 4.78 is 5.50. The Hall–Kier alpha value is -2.36. The number of aryl methyl sites for hydroxylation is 2. The quantitative estimate of drug-likeness (QED) is 0.615. The van der Waals surface area contributed by atoms with E-state index < -0.39 is 0 Å². The van der Waals surface area contributed by atoms with Crippen LogP contribution >= 0.6 is 11.3 Å². The minimum atomic E-state index is 0.778. The topological polar surface area (TPSA) is 70.5 Å². The maximum Gasteiger partial charge on any atom is 0.225 e. The van der Waals surface area contributed by atoms with Gasteiger partial charge in [0.2, 0.25) is 5.95 Å². The molecule has 0 aromatic carbocycles.